The summed E-state index contributed by atoms with van der Waals surface area (Å²) in [5.74, 6) is -0.785. The van der Waals surface area contributed by atoms with Gasteiger partial charge < -0.3 is 10.4 Å². The van der Waals surface area contributed by atoms with Crippen molar-refractivity contribution in [1.82, 2.24) is 15.3 Å². The largest absolute Gasteiger partial charge is 0.494 e. The normalized spacial score (nSPS) is 10.0. The fraction of sp³-hybridized carbons (Fsp3) is 0.0833. The first-order valence-corrected chi connectivity index (χ1v) is 5.26. The molecule has 0 atom stereocenters. The van der Waals surface area contributed by atoms with E-state index >= 15 is 0 Å². The van der Waals surface area contributed by atoms with Crippen molar-refractivity contribution in [1.29, 1.82) is 0 Å². The molecule has 2 aromatic rings. The van der Waals surface area contributed by atoms with Gasteiger partial charge >= 0.3 is 0 Å². The van der Waals surface area contributed by atoms with Crippen LogP contribution < -0.4 is 10.9 Å². The molecule has 0 aliphatic rings. The number of aromatic amines is 1. The summed E-state index contributed by atoms with van der Waals surface area (Å²) < 4.78 is 0. The third-order valence-corrected chi connectivity index (χ3v) is 2.25. The number of pyridine rings is 2. The van der Waals surface area contributed by atoms with Gasteiger partial charge in [0.05, 0.1) is 17.8 Å². The third-order valence-electron chi connectivity index (χ3n) is 2.25. The van der Waals surface area contributed by atoms with Crippen molar-refractivity contribution in [2.24, 2.45) is 0 Å². The predicted molar refractivity (Wildman–Crippen MR) is 64.1 cm³/mol. The summed E-state index contributed by atoms with van der Waals surface area (Å²) in [6.07, 6.45) is 1.63. The van der Waals surface area contributed by atoms with Gasteiger partial charge in [0.2, 0.25) is 0 Å². The highest BCUT2D eigenvalue weighted by molar-refractivity contribution is 5.94. The minimum absolute atomic E-state index is 0.104. The quantitative estimate of drug-likeness (QED) is 0.729. The number of H-pyrrole nitrogens is 1. The van der Waals surface area contributed by atoms with Gasteiger partial charge in [-0.15, -0.1) is 0 Å². The zero-order chi connectivity index (χ0) is 13.0. The Bertz CT molecular complexity index is 607. The van der Waals surface area contributed by atoms with Gasteiger partial charge in [-0.3, -0.25) is 19.6 Å². The Balaban J connectivity index is 2.06. The summed E-state index contributed by atoms with van der Waals surface area (Å²) in [6.45, 7) is 0.257. The van der Waals surface area contributed by atoms with Gasteiger partial charge in [-0.05, 0) is 12.1 Å². The molecule has 0 aromatic carbocycles. The molecule has 2 aromatic heterocycles. The van der Waals surface area contributed by atoms with Crippen LogP contribution in [0.2, 0.25) is 0 Å². The van der Waals surface area contributed by atoms with E-state index in [1.165, 1.54) is 6.07 Å². The van der Waals surface area contributed by atoms with Crippen molar-refractivity contribution in [3.8, 4) is 5.88 Å². The van der Waals surface area contributed by atoms with E-state index in [1.807, 2.05) is 6.07 Å². The maximum atomic E-state index is 11.7. The number of aromatic nitrogens is 2. The van der Waals surface area contributed by atoms with Gasteiger partial charge in [0.25, 0.3) is 11.5 Å². The smallest absolute Gasteiger partial charge is 0.251 e. The van der Waals surface area contributed by atoms with E-state index in [4.69, 9.17) is 0 Å². The van der Waals surface area contributed by atoms with Gasteiger partial charge in [0.15, 0.2) is 5.88 Å². The molecule has 0 bridgehead atoms. The van der Waals surface area contributed by atoms with Crippen LogP contribution in [0.3, 0.4) is 0 Å². The number of carbonyl (C=O) groups excluding carboxylic acids is 1. The van der Waals surface area contributed by atoms with Crippen molar-refractivity contribution < 1.29 is 9.90 Å². The number of amides is 1. The van der Waals surface area contributed by atoms with Crippen molar-refractivity contribution in [3.63, 3.8) is 0 Å². The number of nitrogens with zero attached hydrogens (tertiary/aromatic N) is 1. The van der Waals surface area contributed by atoms with E-state index < -0.39 is 11.5 Å². The molecular formula is C12H11N3O3. The Morgan fingerprint density at radius 3 is 2.89 bits per heavy atom. The second-order valence-corrected chi connectivity index (χ2v) is 3.62. The number of nitrogens with one attached hydrogen (secondary N) is 2. The molecule has 2 heterocycles. The van der Waals surface area contributed by atoms with Gasteiger partial charge in [-0.1, -0.05) is 6.07 Å². The fourth-order valence-corrected chi connectivity index (χ4v) is 1.44. The SMILES string of the molecule is O=C(NCc1ccccn1)c1cc(O)[nH]c(=O)c1. The van der Waals surface area contributed by atoms with Crippen molar-refractivity contribution in [3.05, 3.63) is 58.1 Å². The van der Waals surface area contributed by atoms with E-state index in [0.717, 1.165) is 6.07 Å². The van der Waals surface area contributed by atoms with E-state index in [-0.39, 0.29) is 18.0 Å². The molecule has 0 saturated carbocycles. The standard InChI is InChI=1S/C12H11N3O3/c16-10-5-8(6-11(17)15-10)12(18)14-7-9-3-1-2-4-13-9/h1-6H,7H2,(H,14,18)(H2,15,16,17). The Hall–Kier alpha value is -2.63. The Morgan fingerprint density at radius 1 is 1.39 bits per heavy atom. The molecule has 1 amide bonds. The first-order valence-electron chi connectivity index (χ1n) is 5.26. The summed E-state index contributed by atoms with van der Waals surface area (Å²) in [4.78, 5) is 29.0. The topological polar surface area (TPSA) is 95.1 Å². The van der Waals surface area contributed by atoms with Gasteiger partial charge in [-0.25, -0.2) is 0 Å². The van der Waals surface area contributed by atoms with Crippen LogP contribution in [0.4, 0.5) is 0 Å². The Labute approximate surface area is 102 Å². The van der Waals surface area contributed by atoms with Crippen LogP contribution in [0.15, 0.2) is 41.3 Å². The lowest BCUT2D eigenvalue weighted by molar-refractivity contribution is 0.0949. The molecule has 6 nitrogen and oxygen atoms in total. The Kier molecular flexibility index (Phi) is 3.38. The maximum Gasteiger partial charge on any atom is 0.251 e. The van der Waals surface area contributed by atoms with Crippen molar-refractivity contribution in [2.75, 3.05) is 0 Å². The highest BCUT2D eigenvalue weighted by Gasteiger charge is 2.07. The van der Waals surface area contributed by atoms with E-state index in [2.05, 4.69) is 15.3 Å². The molecule has 0 radical (unpaired) electrons. The molecule has 2 rings (SSSR count). The highest BCUT2D eigenvalue weighted by atomic mass is 16.3. The zero-order valence-corrected chi connectivity index (χ0v) is 9.38. The summed E-state index contributed by atoms with van der Waals surface area (Å²) in [5.41, 5.74) is 0.282. The molecule has 0 saturated heterocycles. The molecule has 92 valence electrons. The molecule has 0 aliphatic heterocycles. The number of carbonyl (C=O) groups is 1. The molecule has 3 N–H and O–H groups in total. The fourth-order valence-electron chi connectivity index (χ4n) is 1.44. The third kappa shape index (κ3) is 2.94. The van der Waals surface area contributed by atoms with Crippen LogP contribution in [0.1, 0.15) is 16.1 Å². The van der Waals surface area contributed by atoms with Crippen LogP contribution in [-0.4, -0.2) is 21.0 Å². The lowest BCUT2D eigenvalue weighted by atomic mass is 10.2. The molecule has 0 aliphatic carbocycles. The summed E-state index contributed by atoms with van der Waals surface area (Å²) >= 11 is 0. The first-order chi connectivity index (χ1) is 8.65. The predicted octanol–water partition coefficient (Wildman–Crippen LogP) is 0.405. The van der Waals surface area contributed by atoms with Gasteiger partial charge in [0.1, 0.15) is 0 Å². The average Bonchev–Trinajstić information content (AvgIpc) is 2.36. The molecule has 0 spiro atoms. The summed E-state index contributed by atoms with van der Waals surface area (Å²) in [6, 6.07) is 7.67. The number of hydrogen-bond donors (Lipinski definition) is 3. The van der Waals surface area contributed by atoms with E-state index in [9.17, 15) is 14.7 Å². The maximum absolute atomic E-state index is 11.7. The Morgan fingerprint density at radius 2 is 2.22 bits per heavy atom. The lowest BCUT2D eigenvalue weighted by Gasteiger charge is -2.04. The number of rotatable bonds is 3. The second kappa shape index (κ2) is 5.13. The molecule has 6 heteroatoms. The van der Waals surface area contributed by atoms with Crippen LogP contribution in [0, 0.1) is 0 Å². The summed E-state index contributed by atoms with van der Waals surface area (Å²) in [7, 11) is 0. The first kappa shape index (κ1) is 11.8. The van der Waals surface area contributed by atoms with Gasteiger partial charge in [0, 0.05) is 18.3 Å². The minimum Gasteiger partial charge on any atom is -0.494 e. The molecular weight excluding hydrogens is 234 g/mol. The summed E-state index contributed by atoms with van der Waals surface area (Å²) in [5, 5.41) is 11.8. The highest BCUT2D eigenvalue weighted by Crippen LogP contribution is 2.04. The van der Waals surface area contributed by atoms with Crippen molar-refractivity contribution >= 4 is 5.91 Å². The van der Waals surface area contributed by atoms with Crippen LogP contribution in [-0.2, 0) is 6.54 Å². The molecule has 0 unspecified atom stereocenters. The van der Waals surface area contributed by atoms with Crippen molar-refractivity contribution in [2.45, 2.75) is 6.54 Å². The second-order valence-electron chi connectivity index (χ2n) is 3.62. The van der Waals surface area contributed by atoms with Crippen LogP contribution in [0.25, 0.3) is 0 Å². The van der Waals surface area contributed by atoms with E-state index in [0.29, 0.717) is 5.69 Å². The number of aromatic hydroxyl groups is 1. The molecule has 18 heavy (non-hydrogen) atoms. The van der Waals surface area contributed by atoms with E-state index in [1.54, 1.807) is 18.3 Å². The van der Waals surface area contributed by atoms with Crippen LogP contribution >= 0.6 is 0 Å². The molecule has 0 fully saturated rings. The zero-order valence-electron chi connectivity index (χ0n) is 9.38. The number of hydrogen-bond acceptors (Lipinski definition) is 4. The average molecular weight is 245 g/mol. The van der Waals surface area contributed by atoms with Gasteiger partial charge in [-0.2, -0.15) is 0 Å². The lowest BCUT2D eigenvalue weighted by Crippen LogP contribution is -2.24. The van der Waals surface area contributed by atoms with Crippen LogP contribution in [0.5, 0.6) is 5.88 Å². The minimum atomic E-state index is -0.530. The monoisotopic (exact) mass is 245 g/mol.